The molecule has 1 aliphatic heterocycles. The van der Waals surface area contributed by atoms with Crippen molar-refractivity contribution in [2.45, 2.75) is 6.42 Å². The Kier molecular flexibility index (Phi) is 3.47. The van der Waals surface area contributed by atoms with E-state index in [2.05, 4.69) is 5.32 Å². The monoisotopic (exact) mass is 290 g/mol. The summed E-state index contributed by atoms with van der Waals surface area (Å²) in [6.45, 7) is 1.01. The number of carbonyl (C=O) groups excluding carboxylic acids is 1. The Bertz CT molecular complexity index is 626. The molecule has 6 heteroatoms. The van der Waals surface area contributed by atoms with E-state index in [-0.39, 0.29) is 5.91 Å². The average Bonchev–Trinajstić information content (AvgIpc) is 2.92. The smallest absolute Gasteiger partial charge is 0.229 e. The molecule has 1 aliphatic rings. The lowest BCUT2D eigenvalue weighted by Gasteiger charge is -2.20. The molecule has 2 aromatic rings. The highest BCUT2D eigenvalue weighted by atomic mass is 32.1. The third kappa shape index (κ3) is 2.70. The van der Waals surface area contributed by atoms with Gasteiger partial charge in [0.2, 0.25) is 5.91 Å². The van der Waals surface area contributed by atoms with Crippen molar-refractivity contribution in [1.29, 1.82) is 0 Å². The summed E-state index contributed by atoms with van der Waals surface area (Å²) in [6, 6.07) is 7.23. The van der Waals surface area contributed by atoms with Gasteiger partial charge in [-0.25, -0.2) is 0 Å². The second-order valence-corrected chi connectivity index (χ2v) is 5.42. The molecule has 0 saturated heterocycles. The summed E-state index contributed by atoms with van der Waals surface area (Å²) in [6.07, 6.45) is 0.339. The fourth-order valence-corrected chi connectivity index (χ4v) is 2.68. The number of nitrogen functional groups attached to an aromatic ring is 1. The molecule has 0 saturated carbocycles. The predicted molar refractivity (Wildman–Crippen MR) is 78.5 cm³/mol. The molecule has 1 aromatic heterocycles. The van der Waals surface area contributed by atoms with Crippen LogP contribution in [-0.4, -0.2) is 19.1 Å². The summed E-state index contributed by atoms with van der Waals surface area (Å²) in [5.41, 5.74) is 6.94. The molecule has 0 atom stereocenters. The van der Waals surface area contributed by atoms with E-state index in [0.29, 0.717) is 42.5 Å². The van der Waals surface area contributed by atoms with Gasteiger partial charge in [-0.3, -0.25) is 4.79 Å². The second-order valence-electron chi connectivity index (χ2n) is 4.39. The zero-order valence-corrected chi connectivity index (χ0v) is 11.5. The number of carbonyl (C=O) groups is 1. The average molecular weight is 290 g/mol. The number of benzene rings is 1. The third-order valence-electron chi connectivity index (χ3n) is 2.90. The highest BCUT2D eigenvalue weighted by Gasteiger charge is 2.16. The van der Waals surface area contributed by atoms with Crippen LogP contribution in [0.4, 0.5) is 11.4 Å². The summed E-state index contributed by atoms with van der Waals surface area (Å²) in [5.74, 6) is 1.12. The zero-order valence-electron chi connectivity index (χ0n) is 10.7. The number of nitrogens with two attached hydrogens (primary N) is 1. The van der Waals surface area contributed by atoms with Crippen molar-refractivity contribution < 1.29 is 14.3 Å². The van der Waals surface area contributed by atoms with E-state index in [1.807, 2.05) is 17.5 Å². The first-order valence-corrected chi connectivity index (χ1v) is 7.12. The summed E-state index contributed by atoms with van der Waals surface area (Å²) in [4.78, 5) is 13.0. The van der Waals surface area contributed by atoms with Crippen molar-refractivity contribution in [3.05, 3.63) is 34.5 Å². The fraction of sp³-hybridized carbons (Fsp3) is 0.214. The summed E-state index contributed by atoms with van der Waals surface area (Å²) in [7, 11) is 0. The molecule has 2 heterocycles. The first-order chi connectivity index (χ1) is 9.72. The van der Waals surface area contributed by atoms with Crippen molar-refractivity contribution in [1.82, 2.24) is 0 Å². The van der Waals surface area contributed by atoms with Gasteiger partial charge < -0.3 is 20.5 Å². The number of fused-ring (bicyclic) bond motifs is 1. The maximum absolute atomic E-state index is 12.0. The van der Waals surface area contributed by atoms with Crippen LogP contribution in [0.2, 0.25) is 0 Å². The highest BCUT2D eigenvalue weighted by molar-refractivity contribution is 7.10. The first kappa shape index (κ1) is 12.8. The SMILES string of the molecule is Nc1cc2c(cc1NC(=O)Cc1cccs1)OCCO2. The van der Waals surface area contributed by atoms with E-state index in [1.54, 1.807) is 23.5 Å². The van der Waals surface area contributed by atoms with Crippen LogP contribution < -0.4 is 20.5 Å². The first-order valence-electron chi connectivity index (χ1n) is 6.24. The van der Waals surface area contributed by atoms with Gasteiger partial charge in [0.25, 0.3) is 0 Å². The molecule has 0 bridgehead atoms. The van der Waals surface area contributed by atoms with E-state index in [4.69, 9.17) is 15.2 Å². The molecule has 0 fully saturated rings. The number of amides is 1. The summed E-state index contributed by atoms with van der Waals surface area (Å²) >= 11 is 1.55. The lowest BCUT2D eigenvalue weighted by molar-refractivity contribution is -0.115. The van der Waals surface area contributed by atoms with Crippen molar-refractivity contribution in [3.63, 3.8) is 0 Å². The van der Waals surface area contributed by atoms with Crippen LogP contribution in [0, 0.1) is 0 Å². The topological polar surface area (TPSA) is 73.6 Å². The molecule has 20 heavy (non-hydrogen) atoms. The number of hydrogen-bond donors (Lipinski definition) is 2. The van der Waals surface area contributed by atoms with Crippen molar-refractivity contribution >= 4 is 28.6 Å². The Hall–Kier alpha value is -2.21. The van der Waals surface area contributed by atoms with Gasteiger partial charge in [0.05, 0.1) is 17.8 Å². The molecule has 0 spiro atoms. The predicted octanol–water partition coefficient (Wildman–Crippen LogP) is 2.28. The Morgan fingerprint density at radius 1 is 1.30 bits per heavy atom. The second kappa shape index (κ2) is 5.42. The standard InChI is InChI=1S/C14H14N2O3S/c15-10-7-12-13(19-4-3-18-12)8-11(10)16-14(17)6-9-2-1-5-20-9/h1-2,5,7-8H,3-4,6,15H2,(H,16,17). The van der Waals surface area contributed by atoms with Crippen LogP contribution in [0.1, 0.15) is 4.88 Å². The quantitative estimate of drug-likeness (QED) is 0.851. The van der Waals surface area contributed by atoms with E-state index in [9.17, 15) is 4.79 Å². The van der Waals surface area contributed by atoms with Gasteiger partial charge >= 0.3 is 0 Å². The molecular weight excluding hydrogens is 276 g/mol. The molecule has 0 radical (unpaired) electrons. The summed E-state index contributed by atoms with van der Waals surface area (Å²) in [5, 5.41) is 4.75. The van der Waals surface area contributed by atoms with Gasteiger partial charge in [-0.05, 0) is 11.4 Å². The van der Waals surface area contributed by atoms with Crippen LogP contribution in [0.3, 0.4) is 0 Å². The minimum absolute atomic E-state index is 0.101. The fourth-order valence-electron chi connectivity index (χ4n) is 1.98. The van der Waals surface area contributed by atoms with Gasteiger partial charge in [-0.1, -0.05) is 6.07 Å². The van der Waals surface area contributed by atoms with Gasteiger partial charge in [-0.15, -0.1) is 11.3 Å². The van der Waals surface area contributed by atoms with Gasteiger partial charge in [-0.2, -0.15) is 0 Å². The number of thiophene rings is 1. The number of hydrogen-bond acceptors (Lipinski definition) is 5. The van der Waals surface area contributed by atoms with Crippen molar-refractivity contribution in [2.75, 3.05) is 24.3 Å². The zero-order chi connectivity index (χ0) is 13.9. The van der Waals surface area contributed by atoms with Crippen molar-refractivity contribution in [3.8, 4) is 11.5 Å². The van der Waals surface area contributed by atoms with E-state index in [1.165, 1.54) is 0 Å². The molecule has 1 amide bonds. The lowest BCUT2D eigenvalue weighted by Crippen LogP contribution is -2.18. The highest BCUT2D eigenvalue weighted by Crippen LogP contribution is 2.36. The van der Waals surface area contributed by atoms with E-state index < -0.39 is 0 Å². The maximum Gasteiger partial charge on any atom is 0.229 e. The maximum atomic E-state index is 12.0. The van der Waals surface area contributed by atoms with Gasteiger partial charge in [0.1, 0.15) is 13.2 Å². The van der Waals surface area contributed by atoms with Crippen LogP contribution in [0.15, 0.2) is 29.6 Å². The van der Waals surface area contributed by atoms with Crippen LogP contribution in [0.5, 0.6) is 11.5 Å². The minimum Gasteiger partial charge on any atom is -0.486 e. The Balaban J connectivity index is 1.75. The van der Waals surface area contributed by atoms with E-state index in [0.717, 1.165) is 4.88 Å². The number of nitrogens with one attached hydrogen (secondary N) is 1. The molecule has 104 valence electrons. The Morgan fingerprint density at radius 3 is 2.75 bits per heavy atom. The molecule has 3 N–H and O–H groups in total. The molecular formula is C14H14N2O3S. The molecule has 0 unspecified atom stereocenters. The van der Waals surface area contributed by atoms with Crippen LogP contribution in [-0.2, 0) is 11.2 Å². The largest absolute Gasteiger partial charge is 0.486 e. The minimum atomic E-state index is -0.101. The Morgan fingerprint density at radius 2 is 2.05 bits per heavy atom. The van der Waals surface area contributed by atoms with Crippen LogP contribution >= 0.6 is 11.3 Å². The molecule has 5 nitrogen and oxygen atoms in total. The molecule has 0 aliphatic carbocycles. The van der Waals surface area contributed by atoms with Gasteiger partial charge in [0.15, 0.2) is 11.5 Å². The third-order valence-corrected chi connectivity index (χ3v) is 3.78. The number of anilines is 2. The molecule has 3 rings (SSSR count). The lowest BCUT2D eigenvalue weighted by atomic mass is 10.2. The normalized spacial score (nSPS) is 13.0. The van der Waals surface area contributed by atoms with Gasteiger partial charge in [0, 0.05) is 17.0 Å². The number of rotatable bonds is 3. The Labute approximate surface area is 120 Å². The summed E-state index contributed by atoms with van der Waals surface area (Å²) < 4.78 is 10.9. The molecule has 1 aromatic carbocycles. The van der Waals surface area contributed by atoms with Crippen LogP contribution in [0.25, 0.3) is 0 Å². The van der Waals surface area contributed by atoms with E-state index >= 15 is 0 Å². The number of ether oxygens (including phenoxy) is 2. The van der Waals surface area contributed by atoms with Crippen molar-refractivity contribution in [2.24, 2.45) is 0 Å².